The number of hydrogen-bond acceptors (Lipinski definition) is 1. The van der Waals surface area contributed by atoms with Crippen molar-refractivity contribution in [2.75, 3.05) is 13.1 Å². The Morgan fingerprint density at radius 2 is 1.86 bits per heavy atom. The molecule has 0 fully saturated rings. The lowest BCUT2D eigenvalue weighted by Crippen LogP contribution is -2.36. The largest absolute Gasteiger partial charge is 0.358 e. The number of H-pyrrole nitrogens is 1. The molecule has 0 spiro atoms. The van der Waals surface area contributed by atoms with E-state index in [4.69, 9.17) is 0 Å². The van der Waals surface area contributed by atoms with Crippen molar-refractivity contribution in [2.24, 2.45) is 5.92 Å². The Kier molecular flexibility index (Phi) is 5.64. The fraction of sp³-hybridized carbons (Fsp3) is 0.526. The summed E-state index contributed by atoms with van der Waals surface area (Å²) in [6, 6.07) is 8.22. The fourth-order valence-electron chi connectivity index (χ4n) is 3.09. The molecule has 0 unspecified atom stereocenters. The Hall–Kier alpha value is -1.77. The number of likely N-dealkylation sites (N-methyl/N-ethyl adjacent to an activating group) is 1. The Labute approximate surface area is 133 Å². The molecule has 1 aromatic carbocycles. The number of para-hydroxylation sites is 1. The van der Waals surface area contributed by atoms with Crippen molar-refractivity contribution in [3.8, 4) is 0 Å². The van der Waals surface area contributed by atoms with Crippen molar-refractivity contribution < 1.29 is 4.79 Å². The maximum atomic E-state index is 12.7. The van der Waals surface area contributed by atoms with Crippen molar-refractivity contribution in [1.82, 2.24) is 9.88 Å². The maximum absolute atomic E-state index is 12.7. The van der Waals surface area contributed by atoms with E-state index in [2.05, 4.69) is 44.8 Å². The number of aromatic amines is 1. The van der Waals surface area contributed by atoms with Crippen molar-refractivity contribution in [1.29, 1.82) is 0 Å². The molecule has 0 bridgehead atoms. The molecule has 0 aliphatic heterocycles. The minimum absolute atomic E-state index is 0.238. The smallest absolute Gasteiger partial charge is 0.227 e. The number of benzene rings is 1. The van der Waals surface area contributed by atoms with Gasteiger partial charge in [0.05, 0.1) is 6.42 Å². The van der Waals surface area contributed by atoms with Gasteiger partial charge >= 0.3 is 0 Å². The summed E-state index contributed by atoms with van der Waals surface area (Å²) >= 11 is 0. The van der Waals surface area contributed by atoms with Crippen molar-refractivity contribution in [2.45, 2.75) is 47.0 Å². The van der Waals surface area contributed by atoms with Gasteiger partial charge in [-0.3, -0.25) is 4.79 Å². The summed E-state index contributed by atoms with van der Waals surface area (Å²) in [6.45, 7) is 10.2. The molecule has 1 amide bonds. The highest BCUT2D eigenvalue weighted by Crippen LogP contribution is 2.23. The Balaban J connectivity index is 2.16. The Morgan fingerprint density at radius 3 is 2.50 bits per heavy atom. The molecule has 0 saturated carbocycles. The monoisotopic (exact) mass is 300 g/mol. The van der Waals surface area contributed by atoms with E-state index in [9.17, 15) is 4.79 Å². The Bertz CT molecular complexity index is 625. The highest BCUT2D eigenvalue weighted by molar-refractivity contribution is 5.90. The van der Waals surface area contributed by atoms with Crippen LogP contribution in [-0.4, -0.2) is 28.9 Å². The minimum Gasteiger partial charge on any atom is -0.358 e. The van der Waals surface area contributed by atoms with E-state index in [0.29, 0.717) is 12.3 Å². The first-order valence-corrected chi connectivity index (χ1v) is 8.44. The summed E-state index contributed by atoms with van der Waals surface area (Å²) in [5.74, 6) is 0.843. The van der Waals surface area contributed by atoms with Crippen molar-refractivity contribution in [3.63, 3.8) is 0 Å². The Morgan fingerprint density at radius 1 is 1.18 bits per heavy atom. The summed E-state index contributed by atoms with van der Waals surface area (Å²) in [4.78, 5) is 18.1. The van der Waals surface area contributed by atoms with Gasteiger partial charge in [0.25, 0.3) is 0 Å². The quantitative estimate of drug-likeness (QED) is 0.813. The fourth-order valence-corrected chi connectivity index (χ4v) is 3.09. The molecular formula is C19H28N2O. The first-order chi connectivity index (χ1) is 10.6. The number of aromatic nitrogens is 1. The van der Waals surface area contributed by atoms with Crippen LogP contribution in [0.1, 0.15) is 44.9 Å². The molecule has 1 N–H and O–H groups in total. The van der Waals surface area contributed by atoms with Crippen LogP contribution in [0.5, 0.6) is 0 Å². The number of nitrogens with one attached hydrogen (secondary N) is 1. The third-order valence-electron chi connectivity index (χ3n) is 4.72. The number of rotatable bonds is 7. The second kappa shape index (κ2) is 7.48. The average Bonchev–Trinajstić information content (AvgIpc) is 2.84. The summed E-state index contributed by atoms with van der Waals surface area (Å²) in [6.07, 6.45) is 2.75. The second-order valence-electron chi connectivity index (χ2n) is 6.07. The van der Waals surface area contributed by atoms with Crippen LogP contribution in [0.25, 0.3) is 10.9 Å². The molecule has 1 heterocycles. The van der Waals surface area contributed by atoms with Crippen LogP contribution < -0.4 is 0 Å². The third kappa shape index (κ3) is 3.52. The first kappa shape index (κ1) is 16.6. The zero-order valence-corrected chi connectivity index (χ0v) is 14.3. The molecule has 0 radical (unpaired) electrons. The lowest BCUT2D eigenvalue weighted by molar-refractivity contribution is -0.130. The van der Waals surface area contributed by atoms with Gasteiger partial charge in [-0.05, 0) is 31.4 Å². The summed E-state index contributed by atoms with van der Waals surface area (Å²) < 4.78 is 0. The molecule has 0 atom stereocenters. The molecule has 2 aromatic rings. The summed E-state index contributed by atoms with van der Waals surface area (Å²) in [5.41, 5.74) is 3.36. The van der Waals surface area contributed by atoms with E-state index in [1.54, 1.807) is 0 Å². The van der Waals surface area contributed by atoms with Gasteiger partial charge < -0.3 is 9.88 Å². The van der Waals surface area contributed by atoms with Gasteiger partial charge in [0, 0.05) is 29.7 Å². The van der Waals surface area contributed by atoms with E-state index in [-0.39, 0.29) is 5.91 Å². The lowest BCUT2D eigenvalue weighted by atomic mass is 10.0. The van der Waals surface area contributed by atoms with Crippen LogP contribution in [0.15, 0.2) is 24.3 Å². The topological polar surface area (TPSA) is 36.1 Å². The van der Waals surface area contributed by atoms with E-state index in [0.717, 1.165) is 42.7 Å². The van der Waals surface area contributed by atoms with Crippen LogP contribution in [0.4, 0.5) is 0 Å². The SMILES string of the molecule is CCC(CC)CN(CC)C(=O)Cc1c(C)[nH]c2ccccc12. The highest BCUT2D eigenvalue weighted by Gasteiger charge is 2.18. The van der Waals surface area contributed by atoms with Crippen LogP contribution in [0, 0.1) is 12.8 Å². The standard InChI is InChI=1S/C19H28N2O/c1-5-15(6-2)13-21(7-3)19(22)12-17-14(4)20-18-11-9-8-10-16(17)18/h8-11,15,20H,5-7,12-13H2,1-4H3. The maximum Gasteiger partial charge on any atom is 0.227 e. The molecule has 0 saturated heterocycles. The number of carbonyl (C=O) groups excluding carboxylic acids is 1. The van der Waals surface area contributed by atoms with Gasteiger partial charge in [-0.15, -0.1) is 0 Å². The van der Waals surface area contributed by atoms with Crippen LogP contribution in [0.2, 0.25) is 0 Å². The number of amides is 1. The zero-order chi connectivity index (χ0) is 16.1. The third-order valence-corrected chi connectivity index (χ3v) is 4.72. The summed E-state index contributed by atoms with van der Waals surface area (Å²) in [5, 5.41) is 1.17. The van der Waals surface area contributed by atoms with Crippen molar-refractivity contribution in [3.05, 3.63) is 35.5 Å². The predicted molar refractivity (Wildman–Crippen MR) is 93.1 cm³/mol. The number of hydrogen-bond donors (Lipinski definition) is 1. The van der Waals surface area contributed by atoms with Gasteiger partial charge in [-0.1, -0.05) is 44.9 Å². The van der Waals surface area contributed by atoms with E-state index in [1.807, 2.05) is 17.0 Å². The molecule has 2 rings (SSSR count). The zero-order valence-electron chi connectivity index (χ0n) is 14.3. The lowest BCUT2D eigenvalue weighted by Gasteiger charge is -2.25. The normalized spacial score (nSPS) is 11.3. The number of aryl methyl sites for hydroxylation is 1. The minimum atomic E-state index is 0.238. The average molecular weight is 300 g/mol. The second-order valence-corrected chi connectivity index (χ2v) is 6.07. The van der Waals surface area contributed by atoms with Crippen LogP contribution in [0.3, 0.4) is 0 Å². The van der Waals surface area contributed by atoms with Crippen molar-refractivity contribution >= 4 is 16.8 Å². The van der Waals surface area contributed by atoms with Gasteiger partial charge in [-0.2, -0.15) is 0 Å². The van der Waals surface area contributed by atoms with E-state index < -0.39 is 0 Å². The number of nitrogens with zero attached hydrogens (tertiary/aromatic N) is 1. The molecule has 120 valence electrons. The van der Waals surface area contributed by atoms with Crippen LogP contribution in [-0.2, 0) is 11.2 Å². The van der Waals surface area contributed by atoms with E-state index in [1.165, 1.54) is 5.39 Å². The van der Waals surface area contributed by atoms with E-state index >= 15 is 0 Å². The van der Waals surface area contributed by atoms with Gasteiger partial charge in [0.1, 0.15) is 0 Å². The summed E-state index contributed by atoms with van der Waals surface area (Å²) in [7, 11) is 0. The predicted octanol–water partition coefficient (Wildman–Crippen LogP) is 4.30. The van der Waals surface area contributed by atoms with Gasteiger partial charge in [-0.25, -0.2) is 0 Å². The molecular weight excluding hydrogens is 272 g/mol. The molecule has 22 heavy (non-hydrogen) atoms. The van der Waals surface area contributed by atoms with Gasteiger partial charge in [0.15, 0.2) is 0 Å². The van der Waals surface area contributed by atoms with Crippen LogP contribution >= 0.6 is 0 Å². The number of carbonyl (C=O) groups is 1. The molecule has 1 aromatic heterocycles. The molecule has 3 nitrogen and oxygen atoms in total. The highest BCUT2D eigenvalue weighted by atomic mass is 16.2. The number of fused-ring (bicyclic) bond motifs is 1. The molecule has 3 heteroatoms. The first-order valence-electron chi connectivity index (χ1n) is 8.44. The molecule has 0 aliphatic rings. The molecule has 0 aliphatic carbocycles. The van der Waals surface area contributed by atoms with Gasteiger partial charge in [0.2, 0.25) is 5.91 Å².